The summed E-state index contributed by atoms with van der Waals surface area (Å²) in [5, 5.41) is 2.59. The van der Waals surface area contributed by atoms with Crippen molar-refractivity contribution >= 4 is 33.5 Å². The molecule has 0 saturated carbocycles. The van der Waals surface area contributed by atoms with E-state index in [0.29, 0.717) is 15.6 Å². The van der Waals surface area contributed by atoms with Crippen LogP contribution in [0.5, 0.6) is 0 Å². The summed E-state index contributed by atoms with van der Waals surface area (Å²) >= 11 is 0. The third-order valence-corrected chi connectivity index (χ3v) is 6.18. The zero-order valence-corrected chi connectivity index (χ0v) is 15.8. The van der Waals surface area contributed by atoms with Crippen molar-refractivity contribution in [1.82, 2.24) is 4.31 Å². The molecule has 3 rings (SSSR count). The average Bonchev–Trinajstić information content (AvgIpc) is 3.11. The summed E-state index contributed by atoms with van der Waals surface area (Å²) in [6.45, 7) is 0. The van der Waals surface area contributed by atoms with Crippen LogP contribution in [0.2, 0.25) is 0 Å². The Labute approximate surface area is 162 Å². The minimum atomic E-state index is -4.13. The van der Waals surface area contributed by atoms with Gasteiger partial charge < -0.3 is 10.1 Å². The van der Waals surface area contributed by atoms with Gasteiger partial charge in [0, 0.05) is 12.1 Å². The number of anilines is 1. The summed E-state index contributed by atoms with van der Waals surface area (Å²) in [5.41, 5.74) is 0.680. The fourth-order valence-corrected chi connectivity index (χ4v) is 4.56. The molecular formula is C19H18N2O6S. The van der Waals surface area contributed by atoms with Crippen LogP contribution in [0.1, 0.15) is 23.2 Å². The van der Waals surface area contributed by atoms with Crippen LogP contribution >= 0.6 is 0 Å². The lowest BCUT2D eigenvalue weighted by Gasteiger charge is -2.23. The van der Waals surface area contributed by atoms with Gasteiger partial charge in [-0.15, -0.1) is 0 Å². The highest BCUT2D eigenvalue weighted by Gasteiger charge is 2.44. The van der Waals surface area contributed by atoms with Crippen LogP contribution in [0.25, 0.3) is 0 Å². The molecule has 1 heterocycles. The van der Waals surface area contributed by atoms with Gasteiger partial charge in [0.25, 0.3) is 10.0 Å². The number of carbonyl (C=O) groups is 3. The lowest BCUT2D eigenvalue weighted by molar-refractivity contribution is -0.128. The molecule has 2 aromatic rings. The highest BCUT2D eigenvalue weighted by atomic mass is 32.2. The monoisotopic (exact) mass is 402 g/mol. The summed E-state index contributed by atoms with van der Waals surface area (Å²) in [6.07, 6.45) is 0.0579. The minimum Gasteiger partial charge on any atom is -0.465 e. The molecule has 0 bridgehead atoms. The van der Waals surface area contributed by atoms with Crippen LogP contribution in [-0.2, 0) is 24.3 Å². The average molecular weight is 402 g/mol. The third kappa shape index (κ3) is 3.74. The molecule has 0 unspecified atom stereocenters. The first kappa shape index (κ1) is 19.6. The number of carbonyl (C=O) groups excluding carboxylic acids is 3. The highest BCUT2D eigenvalue weighted by molar-refractivity contribution is 7.89. The van der Waals surface area contributed by atoms with Gasteiger partial charge in [-0.25, -0.2) is 17.5 Å². The standard InChI is InChI=1S/C19H18N2O6S/c1-27-19(24)13-7-9-14(10-8-13)20-18(23)16-11-12-17(22)21(16)28(25,26)15-5-3-2-4-6-15/h2-10,16H,11-12H2,1H3,(H,20,23)/t16-/m1/s1. The second-order valence-corrected chi connectivity index (χ2v) is 7.94. The minimum absolute atomic E-state index is 0.0363. The predicted molar refractivity (Wildman–Crippen MR) is 99.9 cm³/mol. The van der Waals surface area contributed by atoms with Gasteiger partial charge in [-0.05, 0) is 42.8 Å². The van der Waals surface area contributed by atoms with Crippen molar-refractivity contribution in [1.29, 1.82) is 0 Å². The zero-order valence-electron chi connectivity index (χ0n) is 15.0. The summed E-state index contributed by atoms with van der Waals surface area (Å²) in [4.78, 5) is 36.3. The Morgan fingerprint density at radius 2 is 1.71 bits per heavy atom. The maximum absolute atomic E-state index is 12.8. The van der Waals surface area contributed by atoms with Crippen molar-refractivity contribution in [3.05, 3.63) is 60.2 Å². The molecule has 1 atom stereocenters. The van der Waals surface area contributed by atoms with Crippen LogP contribution in [0.15, 0.2) is 59.5 Å². The van der Waals surface area contributed by atoms with Crippen molar-refractivity contribution in [2.24, 2.45) is 0 Å². The summed E-state index contributed by atoms with van der Waals surface area (Å²) in [5.74, 6) is -1.75. The maximum Gasteiger partial charge on any atom is 0.337 e. The summed E-state index contributed by atoms with van der Waals surface area (Å²) in [6, 6.07) is 12.3. The van der Waals surface area contributed by atoms with Crippen LogP contribution < -0.4 is 5.32 Å². The molecule has 8 nitrogen and oxygen atoms in total. The second kappa shape index (κ2) is 7.81. The second-order valence-electron chi connectivity index (χ2n) is 6.12. The molecule has 28 heavy (non-hydrogen) atoms. The molecule has 9 heteroatoms. The number of nitrogens with zero attached hydrogens (tertiary/aromatic N) is 1. The molecule has 1 N–H and O–H groups in total. The van der Waals surface area contributed by atoms with E-state index in [2.05, 4.69) is 10.1 Å². The van der Waals surface area contributed by atoms with Crippen LogP contribution in [0, 0.1) is 0 Å². The van der Waals surface area contributed by atoms with Crippen LogP contribution in [-0.4, -0.2) is 43.7 Å². The molecule has 2 amide bonds. The van der Waals surface area contributed by atoms with Crippen molar-refractivity contribution < 1.29 is 27.5 Å². The van der Waals surface area contributed by atoms with E-state index < -0.39 is 33.8 Å². The molecule has 1 saturated heterocycles. The Morgan fingerprint density at radius 1 is 1.07 bits per heavy atom. The molecule has 1 aliphatic heterocycles. The van der Waals surface area contributed by atoms with E-state index in [4.69, 9.17) is 0 Å². The largest absolute Gasteiger partial charge is 0.465 e. The van der Waals surface area contributed by atoms with Gasteiger partial charge in [0.2, 0.25) is 11.8 Å². The van der Waals surface area contributed by atoms with Gasteiger partial charge >= 0.3 is 5.97 Å². The molecular weight excluding hydrogens is 384 g/mol. The Morgan fingerprint density at radius 3 is 2.32 bits per heavy atom. The van der Waals surface area contributed by atoms with E-state index in [9.17, 15) is 22.8 Å². The normalized spacial score (nSPS) is 16.7. The third-order valence-electron chi connectivity index (χ3n) is 4.34. The molecule has 146 valence electrons. The lowest BCUT2D eigenvalue weighted by Crippen LogP contribution is -2.45. The smallest absolute Gasteiger partial charge is 0.337 e. The Kier molecular flexibility index (Phi) is 5.46. The number of sulfonamides is 1. The van der Waals surface area contributed by atoms with E-state index in [-0.39, 0.29) is 17.7 Å². The van der Waals surface area contributed by atoms with Crippen molar-refractivity contribution in [2.45, 2.75) is 23.8 Å². The summed E-state index contributed by atoms with van der Waals surface area (Å²) < 4.78 is 30.9. The summed E-state index contributed by atoms with van der Waals surface area (Å²) in [7, 11) is -2.87. The van der Waals surface area contributed by atoms with Gasteiger partial charge in [0.05, 0.1) is 17.6 Å². The molecule has 0 spiro atoms. The Hall–Kier alpha value is -3.20. The molecule has 1 aliphatic rings. The van der Waals surface area contributed by atoms with Crippen molar-refractivity contribution in [2.75, 3.05) is 12.4 Å². The first-order valence-electron chi connectivity index (χ1n) is 8.46. The Balaban J connectivity index is 1.81. The lowest BCUT2D eigenvalue weighted by atomic mass is 10.2. The first-order chi connectivity index (χ1) is 13.3. The number of amides is 2. The molecule has 1 fully saturated rings. The van der Waals surface area contributed by atoms with Crippen molar-refractivity contribution in [3.8, 4) is 0 Å². The van der Waals surface area contributed by atoms with E-state index >= 15 is 0 Å². The number of ether oxygens (including phenoxy) is 1. The number of hydrogen-bond acceptors (Lipinski definition) is 6. The van der Waals surface area contributed by atoms with Crippen LogP contribution in [0.3, 0.4) is 0 Å². The van der Waals surface area contributed by atoms with Gasteiger partial charge in [-0.3, -0.25) is 9.59 Å². The van der Waals surface area contributed by atoms with Crippen molar-refractivity contribution in [3.63, 3.8) is 0 Å². The van der Waals surface area contributed by atoms with E-state index in [1.807, 2.05) is 0 Å². The number of esters is 1. The van der Waals surface area contributed by atoms with E-state index in [0.717, 1.165) is 0 Å². The first-order valence-corrected chi connectivity index (χ1v) is 9.90. The number of rotatable bonds is 5. The highest BCUT2D eigenvalue weighted by Crippen LogP contribution is 2.28. The fraction of sp³-hybridized carbons (Fsp3) is 0.211. The van der Waals surface area contributed by atoms with E-state index in [1.165, 1.54) is 43.5 Å². The number of hydrogen-bond donors (Lipinski definition) is 1. The molecule has 0 aromatic heterocycles. The van der Waals surface area contributed by atoms with Crippen LogP contribution in [0.4, 0.5) is 5.69 Å². The maximum atomic E-state index is 12.8. The van der Waals surface area contributed by atoms with Gasteiger partial charge in [0.1, 0.15) is 6.04 Å². The number of methoxy groups -OCH3 is 1. The topological polar surface area (TPSA) is 110 Å². The molecule has 2 aromatic carbocycles. The van der Waals surface area contributed by atoms with Gasteiger partial charge in [0.15, 0.2) is 0 Å². The SMILES string of the molecule is COC(=O)c1ccc(NC(=O)[C@H]2CCC(=O)N2S(=O)(=O)c2ccccc2)cc1. The van der Waals surface area contributed by atoms with E-state index in [1.54, 1.807) is 18.2 Å². The fourth-order valence-electron chi connectivity index (χ4n) is 2.94. The van der Waals surface area contributed by atoms with Gasteiger partial charge in [-0.1, -0.05) is 18.2 Å². The number of benzene rings is 2. The number of nitrogens with one attached hydrogen (secondary N) is 1. The Bertz CT molecular complexity index is 1000. The molecule has 0 aliphatic carbocycles. The predicted octanol–water partition coefficient (Wildman–Crippen LogP) is 1.79. The molecule has 0 radical (unpaired) electrons. The van der Waals surface area contributed by atoms with Gasteiger partial charge in [-0.2, -0.15) is 0 Å². The zero-order chi connectivity index (χ0) is 20.3. The quantitative estimate of drug-likeness (QED) is 0.764.